The van der Waals surface area contributed by atoms with Gasteiger partial charge in [-0.2, -0.15) is 4.57 Å². The number of nitrogens with zero attached hydrogens (tertiary/aromatic N) is 2. The second-order valence-corrected chi connectivity index (χ2v) is 7.72. The van der Waals surface area contributed by atoms with Gasteiger partial charge in [-0.25, -0.2) is 4.57 Å². The van der Waals surface area contributed by atoms with Crippen molar-refractivity contribution < 1.29 is 4.57 Å². The number of aromatic nitrogens is 2. The van der Waals surface area contributed by atoms with Crippen LogP contribution in [0.2, 0.25) is 0 Å². The molecule has 0 radical (unpaired) electrons. The van der Waals surface area contributed by atoms with E-state index in [1.807, 2.05) is 0 Å². The lowest BCUT2D eigenvalue weighted by Crippen LogP contribution is -2.30. The van der Waals surface area contributed by atoms with Crippen molar-refractivity contribution in [3.05, 3.63) is 83.4 Å². The lowest BCUT2D eigenvalue weighted by Gasteiger charge is -2.14. The van der Waals surface area contributed by atoms with Crippen LogP contribution in [-0.2, 0) is 7.05 Å². The number of aryl methyl sites for hydroxylation is 3. The van der Waals surface area contributed by atoms with Crippen LogP contribution < -0.4 is 4.57 Å². The van der Waals surface area contributed by atoms with Gasteiger partial charge in [0.15, 0.2) is 11.0 Å². The Morgan fingerprint density at radius 1 is 0.815 bits per heavy atom. The molecule has 0 aliphatic carbocycles. The van der Waals surface area contributed by atoms with Crippen molar-refractivity contribution in [1.29, 1.82) is 0 Å². The molecule has 1 aromatic heterocycles. The molecule has 0 aliphatic rings. The molecule has 0 amide bonds. The number of hydrogen-bond acceptors (Lipinski definition) is 0. The molecule has 2 nitrogen and oxygen atoms in total. The van der Waals surface area contributed by atoms with E-state index < -0.39 is 0 Å². The van der Waals surface area contributed by atoms with Crippen LogP contribution in [0.15, 0.2) is 66.7 Å². The number of benzene rings is 3. The molecule has 0 fully saturated rings. The van der Waals surface area contributed by atoms with Crippen LogP contribution in [0.3, 0.4) is 0 Å². The molecule has 3 aromatic carbocycles. The summed E-state index contributed by atoms with van der Waals surface area (Å²) in [5.74, 6) is 1.75. The molecule has 0 atom stereocenters. The lowest BCUT2D eigenvalue weighted by molar-refractivity contribution is -0.633. The van der Waals surface area contributed by atoms with Gasteiger partial charge in [-0.05, 0) is 66.8 Å². The van der Waals surface area contributed by atoms with E-state index >= 15 is 0 Å². The minimum Gasteiger partial charge on any atom is -0.225 e. The fourth-order valence-corrected chi connectivity index (χ4v) is 4.16. The van der Waals surface area contributed by atoms with Crippen molar-refractivity contribution in [2.75, 3.05) is 0 Å². The molecule has 4 rings (SSSR count). The molecule has 2 heteroatoms. The highest BCUT2D eigenvalue weighted by Crippen LogP contribution is 2.32. The molecule has 0 spiro atoms. The molecule has 27 heavy (non-hydrogen) atoms. The van der Waals surface area contributed by atoms with Crippen LogP contribution in [-0.4, -0.2) is 4.57 Å². The number of rotatable bonds is 3. The van der Waals surface area contributed by atoms with E-state index in [4.69, 9.17) is 0 Å². The van der Waals surface area contributed by atoms with Gasteiger partial charge in [-0.1, -0.05) is 50.2 Å². The summed E-state index contributed by atoms with van der Waals surface area (Å²) < 4.78 is 4.70. The topological polar surface area (TPSA) is 8.81 Å². The highest BCUT2D eigenvalue weighted by atomic mass is 15.2. The Labute approximate surface area is 161 Å². The van der Waals surface area contributed by atoms with Crippen LogP contribution in [0.5, 0.6) is 0 Å². The summed E-state index contributed by atoms with van der Waals surface area (Å²) in [6, 6.07) is 24.0. The van der Waals surface area contributed by atoms with E-state index in [2.05, 4.69) is 111 Å². The maximum Gasteiger partial charge on any atom is 0.295 e. The molecule has 0 N–H and O–H groups in total. The second-order valence-electron chi connectivity index (χ2n) is 7.72. The first kappa shape index (κ1) is 17.5. The number of para-hydroxylation sites is 3. The summed E-state index contributed by atoms with van der Waals surface area (Å²) in [5.41, 5.74) is 9.05. The van der Waals surface area contributed by atoms with Gasteiger partial charge in [0.05, 0.1) is 12.6 Å². The van der Waals surface area contributed by atoms with Crippen molar-refractivity contribution in [3.8, 4) is 17.1 Å². The average Bonchev–Trinajstić information content (AvgIpc) is 2.96. The van der Waals surface area contributed by atoms with Crippen molar-refractivity contribution in [2.45, 2.75) is 33.6 Å². The zero-order valence-electron chi connectivity index (χ0n) is 16.8. The van der Waals surface area contributed by atoms with Gasteiger partial charge in [-0.15, -0.1) is 0 Å². The fourth-order valence-electron chi connectivity index (χ4n) is 4.16. The summed E-state index contributed by atoms with van der Waals surface area (Å²) in [4.78, 5) is 0. The SMILES string of the molecule is Cc1cc(C(C)C)c(C)cc1-c1n(-c2ccccc2)c2ccccc2[n+]1C. The number of fused-ring (bicyclic) bond motifs is 1. The highest BCUT2D eigenvalue weighted by molar-refractivity contribution is 5.79. The predicted octanol–water partition coefficient (Wildman–Crippen LogP) is 5.86. The second kappa shape index (κ2) is 6.70. The molecule has 0 bridgehead atoms. The quantitative estimate of drug-likeness (QED) is 0.407. The molecule has 4 aromatic rings. The van der Waals surface area contributed by atoms with Gasteiger partial charge in [0.25, 0.3) is 5.82 Å². The summed E-state index contributed by atoms with van der Waals surface area (Å²) in [6.07, 6.45) is 0. The molecular formula is C25H27N2+. The third-order valence-electron chi connectivity index (χ3n) is 5.50. The van der Waals surface area contributed by atoms with E-state index in [-0.39, 0.29) is 0 Å². The largest absolute Gasteiger partial charge is 0.295 e. The monoisotopic (exact) mass is 355 g/mol. The zero-order valence-corrected chi connectivity index (χ0v) is 16.8. The summed E-state index contributed by atoms with van der Waals surface area (Å²) in [6.45, 7) is 8.99. The van der Waals surface area contributed by atoms with Crippen molar-refractivity contribution in [2.24, 2.45) is 7.05 Å². The summed E-state index contributed by atoms with van der Waals surface area (Å²) in [5, 5.41) is 0. The van der Waals surface area contributed by atoms with E-state index in [9.17, 15) is 0 Å². The van der Waals surface area contributed by atoms with E-state index in [0.29, 0.717) is 5.92 Å². The Balaban J connectivity index is 2.09. The number of imidazole rings is 1. The van der Waals surface area contributed by atoms with Crippen LogP contribution in [0.4, 0.5) is 0 Å². The molecule has 0 aliphatic heterocycles. The van der Waals surface area contributed by atoms with Crippen molar-refractivity contribution in [1.82, 2.24) is 4.57 Å². The van der Waals surface area contributed by atoms with Crippen LogP contribution in [0, 0.1) is 13.8 Å². The molecule has 0 saturated heterocycles. The van der Waals surface area contributed by atoms with Gasteiger partial charge in [0, 0.05) is 0 Å². The maximum absolute atomic E-state index is 2.38. The minimum atomic E-state index is 0.534. The van der Waals surface area contributed by atoms with Gasteiger partial charge in [0.2, 0.25) is 0 Å². The van der Waals surface area contributed by atoms with Crippen LogP contribution in [0.1, 0.15) is 36.5 Å². The Bertz CT molecular complexity index is 1120. The average molecular weight is 356 g/mol. The van der Waals surface area contributed by atoms with E-state index in [1.54, 1.807) is 0 Å². The van der Waals surface area contributed by atoms with E-state index in [0.717, 1.165) is 0 Å². The third-order valence-corrected chi connectivity index (χ3v) is 5.50. The normalized spacial score (nSPS) is 11.5. The number of hydrogen-bond donors (Lipinski definition) is 0. The van der Waals surface area contributed by atoms with Gasteiger partial charge in [0.1, 0.15) is 5.69 Å². The molecule has 136 valence electrons. The van der Waals surface area contributed by atoms with Crippen molar-refractivity contribution in [3.63, 3.8) is 0 Å². The Morgan fingerprint density at radius 2 is 1.48 bits per heavy atom. The lowest BCUT2D eigenvalue weighted by atomic mass is 9.92. The Morgan fingerprint density at radius 3 is 2.19 bits per heavy atom. The third kappa shape index (κ3) is 2.86. The van der Waals surface area contributed by atoms with Crippen molar-refractivity contribution >= 4 is 11.0 Å². The van der Waals surface area contributed by atoms with Crippen LogP contribution >= 0.6 is 0 Å². The summed E-state index contributed by atoms with van der Waals surface area (Å²) >= 11 is 0. The Hall–Kier alpha value is -2.87. The zero-order chi connectivity index (χ0) is 19.1. The minimum absolute atomic E-state index is 0.534. The first-order valence-electron chi connectivity index (χ1n) is 9.65. The maximum atomic E-state index is 2.38. The first-order valence-corrected chi connectivity index (χ1v) is 9.65. The fraction of sp³-hybridized carbons (Fsp3) is 0.240. The molecule has 1 heterocycles. The van der Waals surface area contributed by atoms with Gasteiger partial charge >= 0.3 is 0 Å². The van der Waals surface area contributed by atoms with Gasteiger partial charge in [-0.3, -0.25) is 0 Å². The first-order chi connectivity index (χ1) is 13.0. The standard InChI is InChI=1S/C25H27N2/c1-17(2)21-15-19(4)22(16-18(21)3)25-26(5)23-13-9-10-14-24(23)27(25)20-11-7-6-8-12-20/h6-17H,1-5H3/q+1. The predicted molar refractivity (Wildman–Crippen MR) is 113 cm³/mol. The smallest absolute Gasteiger partial charge is 0.225 e. The summed E-state index contributed by atoms with van der Waals surface area (Å²) in [7, 11) is 2.17. The molecule has 0 unspecified atom stereocenters. The highest BCUT2D eigenvalue weighted by Gasteiger charge is 2.27. The Kier molecular flexibility index (Phi) is 4.35. The van der Waals surface area contributed by atoms with E-state index in [1.165, 1.54) is 44.8 Å². The molecule has 0 saturated carbocycles. The van der Waals surface area contributed by atoms with Crippen LogP contribution in [0.25, 0.3) is 28.1 Å². The van der Waals surface area contributed by atoms with Gasteiger partial charge < -0.3 is 0 Å². The molecular weight excluding hydrogens is 328 g/mol.